The highest BCUT2D eigenvalue weighted by Crippen LogP contribution is 2.26. The number of pyridine rings is 1. The lowest BCUT2D eigenvalue weighted by atomic mass is 9.89. The first-order valence-electron chi connectivity index (χ1n) is 5.95. The van der Waals surface area contributed by atoms with Crippen molar-refractivity contribution in [1.29, 1.82) is 0 Å². The molecule has 102 valence electrons. The average Bonchev–Trinajstić information content (AvgIpc) is 2.81. The lowest BCUT2D eigenvalue weighted by molar-refractivity contribution is 0.307. The van der Waals surface area contributed by atoms with E-state index in [2.05, 4.69) is 15.4 Å². The van der Waals surface area contributed by atoms with Gasteiger partial charge in [-0.15, -0.1) is 10.2 Å². The van der Waals surface area contributed by atoms with Gasteiger partial charge in [0, 0.05) is 17.4 Å². The average molecular weight is 279 g/mol. The summed E-state index contributed by atoms with van der Waals surface area (Å²) in [6, 6.07) is 5.79. The summed E-state index contributed by atoms with van der Waals surface area (Å²) < 4.78 is 1.95. The number of amidine groups is 1. The smallest absolute Gasteiger partial charge is 0.195 e. The van der Waals surface area contributed by atoms with Gasteiger partial charge < -0.3 is 10.9 Å². The van der Waals surface area contributed by atoms with Crippen molar-refractivity contribution in [3.05, 3.63) is 24.4 Å². The number of fused-ring (bicyclic) bond motifs is 1. The summed E-state index contributed by atoms with van der Waals surface area (Å²) in [5, 5.41) is 20.9. The molecule has 0 aliphatic rings. The van der Waals surface area contributed by atoms with E-state index in [1.54, 1.807) is 11.8 Å². The number of rotatable bonds is 5. The highest BCUT2D eigenvalue weighted by Gasteiger charge is 2.23. The molecule has 2 heterocycles. The molecule has 0 aliphatic carbocycles. The number of aromatic nitrogens is 3. The van der Waals surface area contributed by atoms with Crippen LogP contribution in [0.1, 0.15) is 20.3 Å². The van der Waals surface area contributed by atoms with Gasteiger partial charge in [0.25, 0.3) is 0 Å². The highest BCUT2D eigenvalue weighted by molar-refractivity contribution is 7.99. The minimum Gasteiger partial charge on any atom is -0.409 e. The van der Waals surface area contributed by atoms with Crippen LogP contribution in [0.2, 0.25) is 0 Å². The number of thioether (sulfide) groups is 1. The van der Waals surface area contributed by atoms with Crippen LogP contribution in [0.25, 0.3) is 5.65 Å². The van der Waals surface area contributed by atoms with Gasteiger partial charge in [0.2, 0.25) is 0 Å². The van der Waals surface area contributed by atoms with E-state index in [0.717, 1.165) is 23.0 Å². The summed E-state index contributed by atoms with van der Waals surface area (Å²) in [7, 11) is 0. The standard InChI is InChI=1S/C12H17N5OS/c1-12(2,10(13)16-18)6-8-19-11-15-14-9-5-3-4-7-17(9)11/h3-5,7,18H,6,8H2,1-2H3,(H2,13,16). The molecule has 2 aromatic rings. The quantitative estimate of drug-likeness (QED) is 0.287. The number of oxime groups is 1. The predicted octanol–water partition coefficient (Wildman–Crippen LogP) is 1.98. The summed E-state index contributed by atoms with van der Waals surface area (Å²) in [5.74, 6) is 1.07. The normalized spacial score (nSPS) is 13.1. The number of hydrogen-bond acceptors (Lipinski definition) is 5. The Kier molecular flexibility index (Phi) is 3.94. The summed E-state index contributed by atoms with van der Waals surface area (Å²) in [5.41, 5.74) is 6.16. The Balaban J connectivity index is 2.00. The van der Waals surface area contributed by atoms with Crippen LogP contribution in [-0.4, -0.2) is 31.4 Å². The third kappa shape index (κ3) is 2.98. The van der Waals surface area contributed by atoms with Gasteiger partial charge in [0.1, 0.15) is 5.84 Å². The van der Waals surface area contributed by atoms with Crippen molar-refractivity contribution in [3.63, 3.8) is 0 Å². The summed E-state index contributed by atoms with van der Waals surface area (Å²) in [6.07, 6.45) is 2.72. The molecule has 0 spiro atoms. The zero-order chi connectivity index (χ0) is 13.9. The van der Waals surface area contributed by atoms with E-state index in [-0.39, 0.29) is 11.3 Å². The summed E-state index contributed by atoms with van der Waals surface area (Å²) >= 11 is 1.61. The van der Waals surface area contributed by atoms with Crippen LogP contribution in [0.3, 0.4) is 0 Å². The molecular weight excluding hydrogens is 262 g/mol. The molecule has 0 saturated carbocycles. The Hall–Kier alpha value is -1.76. The Morgan fingerprint density at radius 1 is 1.47 bits per heavy atom. The molecule has 0 bridgehead atoms. The van der Waals surface area contributed by atoms with Crippen LogP contribution in [0.5, 0.6) is 0 Å². The number of hydrogen-bond donors (Lipinski definition) is 2. The first-order chi connectivity index (χ1) is 9.04. The second kappa shape index (κ2) is 5.48. The van der Waals surface area contributed by atoms with Crippen LogP contribution in [0.4, 0.5) is 0 Å². The molecule has 7 heteroatoms. The Bertz CT molecular complexity index is 593. The van der Waals surface area contributed by atoms with Crippen molar-refractivity contribution in [2.45, 2.75) is 25.4 Å². The monoisotopic (exact) mass is 279 g/mol. The SMILES string of the molecule is CC(C)(CCSc1nnc2ccccn12)C(N)=NO. The Labute approximate surface area is 115 Å². The number of nitrogens with two attached hydrogens (primary N) is 1. The second-order valence-electron chi connectivity index (χ2n) is 4.88. The van der Waals surface area contributed by atoms with E-state index < -0.39 is 0 Å². The maximum atomic E-state index is 8.72. The fraction of sp³-hybridized carbons (Fsp3) is 0.417. The Morgan fingerprint density at radius 2 is 2.26 bits per heavy atom. The maximum absolute atomic E-state index is 8.72. The molecule has 2 aromatic heterocycles. The molecule has 0 amide bonds. The van der Waals surface area contributed by atoms with Crippen LogP contribution in [-0.2, 0) is 0 Å². The van der Waals surface area contributed by atoms with Crippen LogP contribution >= 0.6 is 11.8 Å². The maximum Gasteiger partial charge on any atom is 0.195 e. The van der Waals surface area contributed by atoms with E-state index >= 15 is 0 Å². The molecular formula is C12H17N5OS. The third-order valence-electron chi connectivity index (χ3n) is 3.04. The topological polar surface area (TPSA) is 88.8 Å². The molecule has 0 fully saturated rings. The van der Waals surface area contributed by atoms with Gasteiger partial charge in [-0.05, 0) is 18.6 Å². The molecule has 0 aliphatic heterocycles. The molecule has 0 unspecified atom stereocenters. The predicted molar refractivity (Wildman–Crippen MR) is 75.5 cm³/mol. The molecule has 19 heavy (non-hydrogen) atoms. The van der Waals surface area contributed by atoms with E-state index in [1.165, 1.54) is 0 Å². The van der Waals surface area contributed by atoms with Gasteiger partial charge in [-0.3, -0.25) is 4.40 Å². The summed E-state index contributed by atoms with van der Waals surface area (Å²) in [6.45, 7) is 3.90. The van der Waals surface area contributed by atoms with Gasteiger partial charge >= 0.3 is 0 Å². The van der Waals surface area contributed by atoms with Crippen molar-refractivity contribution in [1.82, 2.24) is 14.6 Å². The molecule has 3 N–H and O–H groups in total. The van der Waals surface area contributed by atoms with E-state index in [4.69, 9.17) is 10.9 Å². The fourth-order valence-corrected chi connectivity index (χ4v) is 2.77. The Morgan fingerprint density at radius 3 is 3.00 bits per heavy atom. The molecule has 0 saturated heterocycles. The number of nitrogens with zero attached hydrogens (tertiary/aromatic N) is 4. The van der Waals surface area contributed by atoms with Crippen LogP contribution < -0.4 is 5.73 Å². The fourth-order valence-electron chi connectivity index (χ4n) is 1.58. The molecule has 0 aromatic carbocycles. The van der Waals surface area contributed by atoms with Gasteiger partial charge in [-0.1, -0.05) is 36.8 Å². The summed E-state index contributed by atoms with van der Waals surface area (Å²) in [4.78, 5) is 0. The zero-order valence-corrected chi connectivity index (χ0v) is 11.8. The molecule has 0 atom stereocenters. The van der Waals surface area contributed by atoms with Crippen molar-refractivity contribution in [2.75, 3.05) is 5.75 Å². The van der Waals surface area contributed by atoms with Gasteiger partial charge in [-0.2, -0.15) is 0 Å². The second-order valence-corrected chi connectivity index (χ2v) is 5.94. The lowest BCUT2D eigenvalue weighted by Gasteiger charge is -2.21. The minimum absolute atomic E-state index is 0.249. The van der Waals surface area contributed by atoms with Gasteiger partial charge in [0.05, 0.1) is 0 Å². The van der Waals surface area contributed by atoms with Crippen LogP contribution in [0, 0.1) is 5.41 Å². The van der Waals surface area contributed by atoms with Crippen LogP contribution in [0.15, 0.2) is 34.7 Å². The van der Waals surface area contributed by atoms with E-state index in [9.17, 15) is 0 Å². The van der Waals surface area contributed by atoms with Crippen molar-refractivity contribution < 1.29 is 5.21 Å². The largest absolute Gasteiger partial charge is 0.409 e. The lowest BCUT2D eigenvalue weighted by Crippen LogP contribution is -2.32. The molecule has 0 radical (unpaired) electrons. The minimum atomic E-state index is -0.331. The molecule has 6 nitrogen and oxygen atoms in total. The highest BCUT2D eigenvalue weighted by atomic mass is 32.2. The van der Waals surface area contributed by atoms with Gasteiger partial charge in [-0.25, -0.2) is 0 Å². The molecule has 2 rings (SSSR count). The van der Waals surface area contributed by atoms with Gasteiger partial charge in [0.15, 0.2) is 10.8 Å². The van der Waals surface area contributed by atoms with E-state index in [1.807, 2.05) is 42.6 Å². The van der Waals surface area contributed by atoms with Crippen molar-refractivity contribution in [3.8, 4) is 0 Å². The van der Waals surface area contributed by atoms with E-state index in [0.29, 0.717) is 0 Å². The van der Waals surface area contributed by atoms with Crippen molar-refractivity contribution in [2.24, 2.45) is 16.3 Å². The van der Waals surface area contributed by atoms with Crippen molar-refractivity contribution >= 4 is 23.2 Å². The zero-order valence-electron chi connectivity index (χ0n) is 10.9. The first-order valence-corrected chi connectivity index (χ1v) is 6.94. The third-order valence-corrected chi connectivity index (χ3v) is 3.99. The first kappa shape index (κ1) is 13.7.